The largest absolute Gasteiger partial charge is 0.319 e. The van der Waals surface area contributed by atoms with Crippen molar-refractivity contribution in [2.24, 2.45) is 0 Å². The number of H-pyrrole nitrogens is 1. The Bertz CT molecular complexity index is 510. The summed E-state index contributed by atoms with van der Waals surface area (Å²) < 4.78 is 13.7. The molecule has 0 aliphatic rings. The highest BCUT2D eigenvalue weighted by Crippen LogP contribution is 2.27. The lowest BCUT2D eigenvalue weighted by molar-refractivity contribution is 0.631. The highest BCUT2D eigenvalue weighted by molar-refractivity contribution is 6.30. The molecule has 2 rings (SSSR count). The first-order valence-corrected chi connectivity index (χ1v) is 5.72. The van der Waals surface area contributed by atoms with Crippen LogP contribution < -0.4 is 5.32 Å². The van der Waals surface area contributed by atoms with Gasteiger partial charge < -0.3 is 5.32 Å². The van der Waals surface area contributed by atoms with Crippen LogP contribution in [-0.2, 0) is 6.42 Å². The van der Waals surface area contributed by atoms with Crippen LogP contribution in [0, 0.1) is 5.82 Å². The molecule has 0 saturated heterocycles. The zero-order valence-corrected chi connectivity index (χ0v) is 10.2. The number of benzene rings is 1. The normalized spacial score (nSPS) is 10.8. The van der Waals surface area contributed by atoms with E-state index in [1.807, 2.05) is 7.05 Å². The van der Waals surface area contributed by atoms with Crippen molar-refractivity contribution >= 4 is 11.6 Å². The summed E-state index contributed by atoms with van der Waals surface area (Å²) in [5.41, 5.74) is 2.15. The van der Waals surface area contributed by atoms with E-state index >= 15 is 0 Å². The van der Waals surface area contributed by atoms with Gasteiger partial charge in [0.2, 0.25) is 0 Å². The fourth-order valence-corrected chi connectivity index (χ4v) is 1.86. The Morgan fingerprint density at radius 1 is 1.41 bits per heavy atom. The predicted octanol–water partition coefficient (Wildman–Crippen LogP) is 2.63. The van der Waals surface area contributed by atoms with Crippen molar-refractivity contribution in [2.75, 3.05) is 13.6 Å². The van der Waals surface area contributed by atoms with Gasteiger partial charge in [0.1, 0.15) is 5.82 Å². The van der Waals surface area contributed by atoms with Gasteiger partial charge in [-0.15, -0.1) is 0 Å². The molecule has 2 aromatic rings. The summed E-state index contributed by atoms with van der Waals surface area (Å²) in [5, 5.41) is 10.4. The van der Waals surface area contributed by atoms with Crippen LogP contribution >= 0.6 is 11.6 Å². The molecular formula is C12H13ClFN3. The number of rotatable bonds is 4. The molecule has 90 valence electrons. The zero-order chi connectivity index (χ0) is 12.3. The Balaban J connectivity index is 2.38. The molecule has 0 fully saturated rings. The third-order valence-electron chi connectivity index (χ3n) is 2.56. The number of hydrogen-bond donors (Lipinski definition) is 2. The molecule has 0 aliphatic heterocycles. The molecule has 0 bridgehead atoms. The van der Waals surface area contributed by atoms with Crippen molar-refractivity contribution in [1.29, 1.82) is 0 Å². The van der Waals surface area contributed by atoms with Crippen molar-refractivity contribution < 1.29 is 4.39 Å². The summed E-state index contributed by atoms with van der Waals surface area (Å²) in [7, 11) is 1.87. The number of likely N-dealkylation sites (N-methyl/N-ethyl adjacent to an activating group) is 1. The van der Waals surface area contributed by atoms with Gasteiger partial charge >= 0.3 is 0 Å². The zero-order valence-electron chi connectivity index (χ0n) is 9.43. The SMILES string of the molecule is CNCCc1[nH]ncc1-c1cc(Cl)ccc1F. The van der Waals surface area contributed by atoms with Gasteiger partial charge in [-0.2, -0.15) is 5.10 Å². The van der Waals surface area contributed by atoms with E-state index < -0.39 is 0 Å². The number of halogens is 2. The number of nitrogens with one attached hydrogen (secondary N) is 2. The van der Waals surface area contributed by atoms with E-state index in [4.69, 9.17) is 11.6 Å². The van der Waals surface area contributed by atoms with E-state index in [0.717, 1.165) is 24.2 Å². The Kier molecular flexibility index (Phi) is 3.76. The second-order valence-corrected chi connectivity index (χ2v) is 4.18. The van der Waals surface area contributed by atoms with Gasteiger partial charge in [0.25, 0.3) is 0 Å². The summed E-state index contributed by atoms with van der Waals surface area (Å²) >= 11 is 5.88. The van der Waals surface area contributed by atoms with E-state index in [1.54, 1.807) is 12.3 Å². The van der Waals surface area contributed by atoms with Crippen LogP contribution in [0.15, 0.2) is 24.4 Å². The minimum Gasteiger partial charge on any atom is -0.319 e. The molecule has 5 heteroatoms. The predicted molar refractivity (Wildman–Crippen MR) is 66.6 cm³/mol. The van der Waals surface area contributed by atoms with Gasteiger partial charge in [0.15, 0.2) is 0 Å². The average Bonchev–Trinajstić information content (AvgIpc) is 2.77. The van der Waals surface area contributed by atoms with Crippen molar-refractivity contribution in [3.8, 4) is 11.1 Å². The summed E-state index contributed by atoms with van der Waals surface area (Å²) in [4.78, 5) is 0. The van der Waals surface area contributed by atoms with E-state index in [9.17, 15) is 4.39 Å². The summed E-state index contributed by atoms with van der Waals surface area (Å²) in [6.45, 7) is 0.803. The molecule has 0 unspecified atom stereocenters. The van der Waals surface area contributed by atoms with E-state index in [2.05, 4.69) is 15.5 Å². The molecule has 1 aromatic heterocycles. The molecule has 1 heterocycles. The first kappa shape index (κ1) is 12.1. The van der Waals surface area contributed by atoms with Crippen molar-refractivity contribution in [2.45, 2.75) is 6.42 Å². The minimum atomic E-state index is -0.290. The fraction of sp³-hybridized carbons (Fsp3) is 0.250. The molecule has 1 aromatic carbocycles. The van der Waals surface area contributed by atoms with Gasteiger partial charge in [-0.3, -0.25) is 5.10 Å². The fourth-order valence-electron chi connectivity index (χ4n) is 1.69. The summed E-state index contributed by atoms with van der Waals surface area (Å²) in [5.74, 6) is -0.290. The lowest BCUT2D eigenvalue weighted by Gasteiger charge is -2.05. The number of aromatic nitrogens is 2. The third-order valence-corrected chi connectivity index (χ3v) is 2.80. The second kappa shape index (κ2) is 5.29. The lowest BCUT2D eigenvalue weighted by atomic mass is 10.0. The van der Waals surface area contributed by atoms with Crippen LogP contribution in [0.4, 0.5) is 4.39 Å². The highest BCUT2D eigenvalue weighted by Gasteiger charge is 2.12. The molecule has 2 N–H and O–H groups in total. The van der Waals surface area contributed by atoms with Gasteiger partial charge in [-0.1, -0.05) is 11.6 Å². The minimum absolute atomic E-state index is 0.290. The van der Waals surface area contributed by atoms with Crippen molar-refractivity contribution in [3.63, 3.8) is 0 Å². The standard InChI is InChI=1S/C12H13ClFN3/c1-15-5-4-12-10(7-16-17-12)9-6-8(13)2-3-11(9)14/h2-3,6-7,15H,4-5H2,1H3,(H,16,17). The molecular weight excluding hydrogens is 241 g/mol. The van der Waals surface area contributed by atoms with Crippen LogP contribution in [0.2, 0.25) is 5.02 Å². The molecule has 0 aliphatic carbocycles. The highest BCUT2D eigenvalue weighted by atomic mass is 35.5. The van der Waals surface area contributed by atoms with Gasteiger partial charge in [-0.25, -0.2) is 4.39 Å². The van der Waals surface area contributed by atoms with E-state index in [1.165, 1.54) is 12.1 Å². The van der Waals surface area contributed by atoms with Crippen LogP contribution in [0.25, 0.3) is 11.1 Å². The van der Waals surface area contributed by atoms with Crippen molar-refractivity contribution in [3.05, 3.63) is 40.9 Å². The van der Waals surface area contributed by atoms with Crippen LogP contribution in [-0.4, -0.2) is 23.8 Å². The monoisotopic (exact) mass is 253 g/mol. The van der Waals surface area contributed by atoms with E-state index in [-0.39, 0.29) is 5.82 Å². The molecule has 0 amide bonds. The van der Waals surface area contributed by atoms with Gasteiger partial charge in [0.05, 0.1) is 6.20 Å². The van der Waals surface area contributed by atoms with Gasteiger partial charge in [-0.05, 0) is 25.2 Å². The van der Waals surface area contributed by atoms with E-state index in [0.29, 0.717) is 10.6 Å². The van der Waals surface area contributed by atoms with Crippen molar-refractivity contribution in [1.82, 2.24) is 15.5 Å². The molecule has 17 heavy (non-hydrogen) atoms. The number of hydrogen-bond acceptors (Lipinski definition) is 2. The quantitative estimate of drug-likeness (QED) is 0.880. The Hall–Kier alpha value is -1.39. The summed E-state index contributed by atoms with van der Waals surface area (Å²) in [6.07, 6.45) is 2.39. The second-order valence-electron chi connectivity index (χ2n) is 3.74. The Morgan fingerprint density at radius 3 is 3.00 bits per heavy atom. The number of aromatic amines is 1. The van der Waals surface area contributed by atoms with Crippen LogP contribution in [0.1, 0.15) is 5.69 Å². The van der Waals surface area contributed by atoms with Crippen LogP contribution in [0.5, 0.6) is 0 Å². The maximum absolute atomic E-state index is 13.7. The third kappa shape index (κ3) is 2.65. The Morgan fingerprint density at radius 2 is 2.24 bits per heavy atom. The average molecular weight is 254 g/mol. The number of nitrogens with zero attached hydrogens (tertiary/aromatic N) is 1. The molecule has 0 saturated carbocycles. The van der Waals surface area contributed by atoms with Crippen LogP contribution in [0.3, 0.4) is 0 Å². The van der Waals surface area contributed by atoms with Gasteiger partial charge in [0, 0.05) is 34.8 Å². The molecule has 0 atom stereocenters. The topological polar surface area (TPSA) is 40.7 Å². The first-order chi connectivity index (χ1) is 8.22. The molecule has 3 nitrogen and oxygen atoms in total. The lowest BCUT2D eigenvalue weighted by Crippen LogP contribution is -2.11. The first-order valence-electron chi connectivity index (χ1n) is 5.34. The maximum Gasteiger partial charge on any atom is 0.131 e. The smallest absolute Gasteiger partial charge is 0.131 e. The molecule has 0 spiro atoms. The maximum atomic E-state index is 13.7. The molecule has 0 radical (unpaired) electrons. The Labute approximate surface area is 104 Å². The summed E-state index contributed by atoms with van der Waals surface area (Å²) in [6, 6.07) is 4.52.